The third-order valence-corrected chi connectivity index (χ3v) is 9.37. The van der Waals surface area contributed by atoms with Gasteiger partial charge in [0.25, 0.3) is 13.4 Å². The third kappa shape index (κ3) is 5.33. The van der Waals surface area contributed by atoms with Crippen LogP contribution in [0.5, 0.6) is 0 Å². The summed E-state index contributed by atoms with van der Waals surface area (Å²) in [6.07, 6.45) is -9.13. The van der Waals surface area contributed by atoms with Gasteiger partial charge in [-0.15, -0.1) is 0 Å². The molecule has 0 spiro atoms. The van der Waals surface area contributed by atoms with Crippen LogP contribution in [-0.4, -0.2) is 99.0 Å². The number of imidazole rings is 2. The lowest BCUT2D eigenvalue weighted by Crippen LogP contribution is -2.37. The lowest BCUT2D eigenvalue weighted by Gasteiger charge is -2.30. The Hall–Kier alpha value is -3.37. The van der Waals surface area contributed by atoms with Crippen LogP contribution in [-0.2, 0) is 36.7 Å². The van der Waals surface area contributed by atoms with Gasteiger partial charge in [0.2, 0.25) is 5.95 Å². The molecule has 8 N–H and O–H groups in total. The highest BCUT2D eigenvalue weighted by atomic mass is 31.2. The van der Waals surface area contributed by atoms with E-state index in [1.165, 1.54) is 23.2 Å². The summed E-state index contributed by atoms with van der Waals surface area (Å²) in [5.41, 5.74) is 11.3. The van der Waals surface area contributed by atoms with Gasteiger partial charge in [-0.1, -0.05) is 0 Å². The van der Waals surface area contributed by atoms with Crippen molar-refractivity contribution in [2.24, 2.45) is 0 Å². The van der Waals surface area contributed by atoms with E-state index < -0.39 is 83.5 Å². The summed E-state index contributed by atoms with van der Waals surface area (Å²) in [5.74, 6) is -0.289. The number of hydrogen-bond donors (Lipinski definition) is 6. The van der Waals surface area contributed by atoms with E-state index in [-0.39, 0.29) is 34.0 Å². The van der Waals surface area contributed by atoms with Gasteiger partial charge in [0.05, 0.1) is 31.6 Å². The van der Waals surface area contributed by atoms with Crippen LogP contribution in [0.1, 0.15) is 12.5 Å². The number of fused-ring (bicyclic) bond motifs is 5. The number of hydrogen-bond acceptors (Lipinski definition) is 18. The molecule has 0 aliphatic carbocycles. The average Bonchev–Trinajstić information content (AvgIpc) is 3.72. The normalized spacial score (nSPS) is 37.7. The van der Waals surface area contributed by atoms with Gasteiger partial charge < -0.3 is 50.0 Å². The van der Waals surface area contributed by atoms with Crippen molar-refractivity contribution >= 4 is 49.6 Å². The van der Waals surface area contributed by atoms with Crippen LogP contribution in [0.25, 0.3) is 22.3 Å². The number of nitrogens with one attached hydrogen (secondary N) is 1. The van der Waals surface area contributed by atoms with E-state index in [0.717, 1.165) is 10.9 Å². The first-order valence-corrected chi connectivity index (χ1v) is 16.0. The molecule has 0 saturated carbocycles. The minimum Gasteiger partial charge on any atom is -0.756 e. The van der Waals surface area contributed by atoms with Crippen LogP contribution in [0.15, 0.2) is 29.7 Å². The molecule has 0 aromatic carbocycles. The van der Waals surface area contributed by atoms with Crippen molar-refractivity contribution in [3.63, 3.8) is 0 Å². The fourth-order valence-electron chi connectivity index (χ4n) is 5.37. The summed E-state index contributed by atoms with van der Waals surface area (Å²) in [4.78, 5) is 54.4. The highest BCUT2D eigenvalue weighted by Gasteiger charge is 2.53. The molecule has 2 bridgehead atoms. The third-order valence-electron chi connectivity index (χ3n) is 7.42. The van der Waals surface area contributed by atoms with E-state index in [9.17, 15) is 33.9 Å². The highest BCUT2D eigenvalue weighted by Crippen LogP contribution is 2.52. The number of aliphatic hydroxyl groups is 2. The standard InChI is InChI=1S/C21H25N9O13P2/c22-7-1-2-24-16-10(7)25-5-29(16)19-13(32)14-9(41-19)4-39-45(36,37)43-15-12(31)8(3-38-44(34,35)42-14)40-20(15)30-6-26-11-17(30)27-21(23)28-18(11)33/h1-2,5-6,8-9,12-15,19-20,31-32H,3-4H2,(H2,22,24)(H,34,35)(H,36,37)(H3,23,27,28,33)/p-1/t8-,9-,12-,13-,14-,15-,19-,20-/m1/s1. The molecule has 7 rings (SSSR count). The first-order valence-electron chi connectivity index (χ1n) is 13.1. The molecule has 2 unspecified atom stereocenters. The van der Waals surface area contributed by atoms with E-state index in [1.54, 1.807) is 0 Å². The van der Waals surface area contributed by atoms with Crippen molar-refractivity contribution in [2.45, 2.75) is 49.1 Å². The van der Waals surface area contributed by atoms with Crippen LogP contribution < -0.4 is 21.9 Å². The van der Waals surface area contributed by atoms with Crippen molar-refractivity contribution in [1.29, 1.82) is 0 Å². The summed E-state index contributed by atoms with van der Waals surface area (Å²) >= 11 is 0. The average molecular weight is 672 g/mol. The Kier molecular flexibility index (Phi) is 7.32. The van der Waals surface area contributed by atoms with Gasteiger partial charge in [0, 0.05) is 6.20 Å². The summed E-state index contributed by atoms with van der Waals surface area (Å²) in [5, 5.41) is 22.1. The van der Waals surface area contributed by atoms with E-state index in [1.807, 2.05) is 0 Å². The minimum absolute atomic E-state index is 0.137. The Morgan fingerprint density at radius 1 is 0.911 bits per heavy atom. The number of anilines is 2. The molecule has 4 aromatic heterocycles. The second-order valence-electron chi connectivity index (χ2n) is 10.3. The van der Waals surface area contributed by atoms with Crippen molar-refractivity contribution in [3.05, 3.63) is 35.3 Å². The van der Waals surface area contributed by atoms with E-state index >= 15 is 0 Å². The largest absolute Gasteiger partial charge is 0.756 e. The number of aromatic amines is 1. The molecule has 3 aliphatic heterocycles. The first kappa shape index (κ1) is 30.3. The molecule has 242 valence electrons. The molecule has 4 aromatic rings. The Bertz CT molecular complexity index is 1930. The summed E-state index contributed by atoms with van der Waals surface area (Å²) in [6.45, 7) is -1.72. The Morgan fingerprint density at radius 3 is 2.38 bits per heavy atom. The van der Waals surface area contributed by atoms with Crippen molar-refractivity contribution in [2.75, 3.05) is 24.7 Å². The maximum atomic E-state index is 13.2. The van der Waals surface area contributed by atoms with Crippen molar-refractivity contribution in [1.82, 2.24) is 34.1 Å². The lowest BCUT2D eigenvalue weighted by atomic mass is 10.1. The monoisotopic (exact) mass is 672 g/mol. The molecule has 22 nitrogen and oxygen atoms in total. The number of H-pyrrole nitrogens is 1. The number of nitrogen functional groups attached to an aromatic ring is 2. The van der Waals surface area contributed by atoms with Crippen LogP contribution in [0.4, 0.5) is 11.6 Å². The fourth-order valence-corrected chi connectivity index (χ4v) is 7.25. The Morgan fingerprint density at radius 2 is 1.60 bits per heavy atom. The number of nitrogens with two attached hydrogens (primary N) is 2. The number of phosphoric acid groups is 2. The van der Waals surface area contributed by atoms with E-state index in [0.29, 0.717) is 0 Å². The van der Waals surface area contributed by atoms with Gasteiger partial charge in [-0.25, -0.2) is 19.5 Å². The number of ether oxygens (including phenoxy) is 2. The second-order valence-corrected chi connectivity index (χ2v) is 13.0. The predicted octanol–water partition coefficient (Wildman–Crippen LogP) is -2.37. The highest BCUT2D eigenvalue weighted by molar-refractivity contribution is 7.47. The zero-order valence-corrected chi connectivity index (χ0v) is 24.3. The number of phosphoric ester groups is 2. The molecular weight excluding hydrogens is 648 g/mol. The number of aliphatic hydroxyl groups excluding tert-OH is 2. The predicted molar refractivity (Wildman–Crippen MR) is 143 cm³/mol. The summed E-state index contributed by atoms with van der Waals surface area (Å²) in [6, 6.07) is 1.50. The van der Waals surface area contributed by atoms with Gasteiger partial charge in [-0.3, -0.25) is 32.5 Å². The van der Waals surface area contributed by atoms with Crippen LogP contribution in [0.2, 0.25) is 0 Å². The van der Waals surface area contributed by atoms with E-state index in [2.05, 4.69) is 24.9 Å². The van der Waals surface area contributed by atoms with Crippen LogP contribution >= 0.6 is 15.6 Å². The molecule has 3 aliphatic rings. The fraction of sp³-hybridized carbons (Fsp3) is 0.476. The number of aromatic nitrogens is 7. The quantitative estimate of drug-likeness (QED) is 0.121. The van der Waals surface area contributed by atoms with Crippen LogP contribution in [0, 0.1) is 0 Å². The van der Waals surface area contributed by atoms with Gasteiger partial charge in [-0.05, 0) is 6.07 Å². The topological polar surface area (TPSA) is 320 Å². The molecule has 0 amide bonds. The molecule has 3 saturated heterocycles. The Balaban J connectivity index is 1.21. The SMILES string of the molecule is Nc1nc2c(ncn2[C@@H]2O[C@@H]3COP(=O)([O-])O[C@H]4[C@@H](O)[C@H](n5cnc6c(N)ccnc65)O[C@@H]4COP(=O)(O)O[C@@H]2[C@@H]3O)c(=O)[nH]1. The zero-order valence-electron chi connectivity index (χ0n) is 22.5. The minimum atomic E-state index is -5.30. The maximum Gasteiger partial charge on any atom is 0.472 e. The molecule has 3 fully saturated rings. The smallest absolute Gasteiger partial charge is 0.472 e. The molecule has 7 heterocycles. The number of rotatable bonds is 2. The summed E-state index contributed by atoms with van der Waals surface area (Å²) < 4.78 is 60.7. The molecule has 0 radical (unpaired) electrons. The van der Waals surface area contributed by atoms with Gasteiger partial charge in [0.15, 0.2) is 29.3 Å². The molecular formula is C21H24N9O13P2-. The summed E-state index contributed by atoms with van der Waals surface area (Å²) in [7, 11) is -10.4. The number of pyridine rings is 1. The lowest BCUT2D eigenvalue weighted by molar-refractivity contribution is -0.236. The maximum absolute atomic E-state index is 13.2. The molecule has 10 atom stereocenters. The molecule has 45 heavy (non-hydrogen) atoms. The Labute approximate surface area is 249 Å². The van der Waals surface area contributed by atoms with Gasteiger partial charge in [-0.2, -0.15) is 4.98 Å². The van der Waals surface area contributed by atoms with Gasteiger partial charge >= 0.3 is 7.82 Å². The second kappa shape index (κ2) is 10.9. The first-order chi connectivity index (χ1) is 21.3. The van der Waals surface area contributed by atoms with Gasteiger partial charge in [0.1, 0.15) is 42.1 Å². The van der Waals surface area contributed by atoms with E-state index in [4.69, 9.17) is 39.0 Å². The van der Waals surface area contributed by atoms with Crippen molar-refractivity contribution < 1.29 is 56.7 Å². The van der Waals surface area contributed by atoms with Crippen molar-refractivity contribution in [3.8, 4) is 0 Å². The number of nitrogens with zero attached hydrogens (tertiary/aromatic N) is 6. The molecule has 24 heteroatoms. The van der Waals surface area contributed by atoms with Crippen LogP contribution in [0.3, 0.4) is 0 Å². The zero-order chi connectivity index (χ0) is 31.8.